The largest absolute Gasteiger partial charge is 0.508 e. The first-order valence-electron chi connectivity index (χ1n) is 11.8. The summed E-state index contributed by atoms with van der Waals surface area (Å²) >= 11 is 0. The van der Waals surface area contributed by atoms with E-state index in [1.807, 2.05) is 24.3 Å². The van der Waals surface area contributed by atoms with Crippen molar-refractivity contribution >= 4 is 44.8 Å². The Kier molecular flexibility index (Phi) is 4.71. The van der Waals surface area contributed by atoms with E-state index in [1.165, 1.54) is 0 Å². The number of hydrogen-bond acceptors (Lipinski definition) is 5. The van der Waals surface area contributed by atoms with Crippen molar-refractivity contribution in [2.24, 2.45) is 0 Å². The molecule has 0 fully saturated rings. The SMILES string of the molecule is O=C(O)CCCC1C(=O)C2=C(C(O)=CCC2)c2c1c1c(c3cc(O)c4ccccc4c23)CNC1=O. The number of nitrogens with one attached hydrogen (secondary N) is 1. The maximum atomic E-state index is 13.8. The number of benzene rings is 3. The first kappa shape index (κ1) is 21.4. The van der Waals surface area contributed by atoms with Crippen molar-refractivity contribution < 1.29 is 29.7 Å². The van der Waals surface area contributed by atoms with Crippen LogP contribution in [0, 0.1) is 0 Å². The predicted molar refractivity (Wildman–Crippen MR) is 130 cm³/mol. The molecule has 3 aromatic carbocycles. The lowest BCUT2D eigenvalue weighted by Gasteiger charge is -2.33. The van der Waals surface area contributed by atoms with Crippen LogP contribution >= 0.6 is 0 Å². The molecule has 1 aliphatic heterocycles. The van der Waals surface area contributed by atoms with E-state index < -0.39 is 11.9 Å². The highest BCUT2D eigenvalue weighted by Crippen LogP contribution is 2.52. The van der Waals surface area contributed by atoms with E-state index in [0.29, 0.717) is 69.9 Å². The number of Topliss-reactive ketones (excluding diaryl/α,β-unsaturated/α-hetero) is 1. The van der Waals surface area contributed by atoms with Crippen molar-refractivity contribution in [3.05, 3.63) is 70.0 Å². The molecule has 35 heavy (non-hydrogen) atoms. The van der Waals surface area contributed by atoms with E-state index in [-0.39, 0.29) is 36.2 Å². The zero-order valence-corrected chi connectivity index (χ0v) is 18.9. The molecule has 0 saturated heterocycles. The second-order valence-corrected chi connectivity index (χ2v) is 9.37. The highest BCUT2D eigenvalue weighted by Gasteiger charge is 2.42. The fourth-order valence-electron chi connectivity index (χ4n) is 6.06. The number of rotatable bonds is 4. The minimum atomic E-state index is -0.936. The van der Waals surface area contributed by atoms with Crippen LogP contribution in [0.3, 0.4) is 0 Å². The van der Waals surface area contributed by atoms with Gasteiger partial charge in [-0.2, -0.15) is 0 Å². The molecule has 1 heterocycles. The number of fused-ring (bicyclic) bond motifs is 9. The van der Waals surface area contributed by atoms with Crippen LogP contribution in [0.15, 0.2) is 47.7 Å². The molecule has 2 aliphatic carbocycles. The van der Waals surface area contributed by atoms with Gasteiger partial charge < -0.3 is 20.6 Å². The Morgan fingerprint density at radius 2 is 1.83 bits per heavy atom. The minimum absolute atomic E-state index is 0.0154. The van der Waals surface area contributed by atoms with Crippen LogP contribution in [-0.2, 0) is 16.1 Å². The Balaban J connectivity index is 1.79. The molecule has 0 bridgehead atoms. The first-order chi connectivity index (χ1) is 16.9. The van der Waals surface area contributed by atoms with Gasteiger partial charge in [-0.3, -0.25) is 14.4 Å². The van der Waals surface area contributed by atoms with Crippen molar-refractivity contribution in [3.8, 4) is 5.75 Å². The molecule has 6 rings (SSSR count). The average Bonchev–Trinajstić information content (AvgIpc) is 3.22. The van der Waals surface area contributed by atoms with Crippen molar-refractivity contribution in [1.82, 2.24) is 5.32 Å². The highest BCUT2D eigenvalue weighted by molar-refractivity contribution is 6.25. The molecular weight excluding hydrogens is 446 g/mol. The average molecular weight is 469 g/mol. The smallest absolute Gasteiger partial charge is 0.303 e. The summed E-state index contributed by atoms with van der Waals surface area (Å²) in [7, 11) is 0. The van der Waals surface area contributed by atoms with Gasteiger partial charge in [-0.05, 0) is 70.7 Å². The van der Waals surface area contributed by atoms with Crippen LogP contribution in [0.1, 0.15) is 65.1 Å². The number of phenols is 1. The molecule has 7 nitrogen and oxygen atoms in total. The number of allylic oxidation sites excluding steroid dienone is 3. The number of aliphatic hydroxyl groups excluding tert-OH is 1. The Labute approximate surface area is 200 Å². The van der Waals surface area contributed by atoms with E-state index in [1.54, 1.807) is 12.1 Å². The number of aliphatic hydroxyl groups is 1. The molecule has 3 aliphatic rings. The summed E-state index contributed by atoms with van der Waals surface area (Å²) in [4.78, 5) is 38.1. The number of carbonyl (C=O) groups excluding carboxylic acids is 2. The fraction of sp³-hybridized carbons (Fsp3) is 0.250. The minimum Gasteiger partial charge on any atom is -0.508 e. The fourth-order valence-corrected chi connectivity index (χ4v) is 6.06. The number of aliphatic carboxylic acids is 1. The summed E-state index contributed by atoms with van der Waals surface area (Å²) in [6, 6.07) is 9.08. The van der Waals surface area contributed by atoms with Gasteiger partial charge in [0.05, 0.1) is 0 Å². The van der Waals surface area contributed by atoms with E-state index in [2.05, 4.69) is 5.32 Å². The van der Waals surface area contributed by atoms with Gasteiger partial charge in [-0.15, -0.1) is 0 Å². The van der Waals surface area contributed by atoms with Gasteiger partial charge in [0, 0.05) is 41.0 Å². The van der Waals surface area contributed by atoms with Crippen molar-refractivity contribution in [3.63, 3.8) is 0 Å². The van der Waals surface area contributed by atoms with Crippen LogP contribution in [0.25, 0.3) is 27.1 Å². The number of ketones is 1. The zero-order chi connectivity index (χ0) is 24.4. The third-order valence-corrected chi connectivity index (χ3v) is 7.48. The van der Waals surface area contributed by atoms with Crippen LogP contribution in [0.2, 0.25) is 0 Å². The van der Waals surface area contributed by atoms with Gasteiger partial charge in [0.15, 0.2) is 5.78 Å². The Hall–Kier alpha value is -4.13. The number of aromatic hydroxyl groups is 1. The number of carboxylic acid groups (broad SMARTS) is 1. The molecule has 0 aromatic heterocycles. The van der Waals surface area contributed by atoms with E-state index in [0.717, 1.165) is 10.8 Å². The van der Waals surface area contributed by atoms with Crippen LogP contribution in [-0.4, -0.2) is 33.0 Å². The molecule has 3 aromatic rings. The predicted octanol–water partition coefficient (Wildman–Crippen LogP) is 4.85. The van der Waals surface area contributed by atoms with Crippen LogP contribution in [0.5, 0.6) is 5.75 Å². The summed E-state index contributed by atoms with van der Waals surface area (Å²) in [5.41, 5.74) is 3.30. The van der Waals surface area contributed by atoms with Gasteiger partial charge >= 0.3 is 5.97 Å². The summed E-state index contributed by atoms with van der Waals surface area (Å²) in [5.74, 6) is -1.95. The van der Waals surface area contributed by atoms with Crippen LogP contribution in [0.4, 0.5) is 0 Å². The molecule has 4 N–H and O–H groups in total. The Morgan fingerprint density at radius 1 is 1.06 bits per heavy atom. The lowest BCUT2D eigenvalue weighted by molar-refractivity contribution is -0.137. The summed E-state index contributed by atoms with van der Waals surface area (Å²) in [6.45, 7) is 0.263. The molecule has 1 atom stereocenters. The van der Waals surface area contributed by atoms with E-state index in [9.17, 15) is 29.7 Å². The third kappa shape index (κ3) is 3.00. The second-order valence-electron chi connectivity index (χ2n) is 9.37. The Morgan fingerprint density at radius 3 is 2.60 bits per heavy atom. The zero-order valence-electron chi connectivity index (χ0n) is 18.9. The lowest BCUT2D eigenvalue weighted by atomic mass is 9.68. The maximum absolute atomic E-state index is 13.8. The van der Waals surface area contributed by atoms with Crippen LogP contribution < -0.4 is 5.32 Å². The molecule has 1 amide bonds. The highest BCUT2D eigenvalue weighted by atomic mass is 16.4. The van der Waals surface area contributed by atoms with Gasteiger partial charge in [0.25, 0.3) is 5.91 Å². The number of amides is 1. The van der Waals surface area contributed by atoms with Crippen molar-refractivity contribution in [2.45, 2.75) is 44.6 Å². The monoisotopic (exact) mass is 469 g/mol. The van der Waals surface area contributed by atoms with Gasteiger partial charge in [0.2, 0.25) is 0 Å². The maximum Gasteiger partial charge on any atom is 0.303 e. The molecule has 0 spiro atoms. The molecule has 0 radical (unpaired) electrons. The van der Waals surface area contributed by atoms with Gasteiger partial charge in [-0.25, -0.2) is 0 Å². The second kappa shape index (κ2) is 7.70. The number of carbonyl (C=O) groups is 3. The molecular formula is C28H23NO6. The quantitative estimate of drug-likeness (QED) is 0.405. The normalized spacial score (nSPS) is 18.9. The number of hydrogen-bond donors (Lipinski definition) is 4. The number of carboxylic acids is 1. The first-order valence-corrected chi connectivity index (χ1v) is 11.8. The lowest BCUT2D eigenvalue weighted by Crippen LogP contribution is -2.27. The van der Waals surface area contributed by atoms with Crippen molar-refractivity contribution in [1.29, 1.82) is 0 Å². The van der Waals surface area contributed by atoms with E-state index >= 15 is 0 Å². The summed E-state index contributed by atoms with van der Waals surface area (Å²) < 4.78 is 0. The van der Waals surface area contributed by atoms with Gasteiger partial charge in [-0.1, -0.05) is 24.3 Å². The molecule has 0 saturated carbocycles. The number of phenolic OH excluding ortho intramolecular Hbond substituents is 1. The Bertz CT molecular complexity index is 1560. The van der Waals surface area contributed by atoms with Gasteiger partial charge in [0.1, 0.15) is 11.5 Å². The molecule has 1 unspecified atom stereocenters. The molecule has 7 heteroatoms. The van der Waals surface area contributed by atoms with Crippen molar-refractivity contribution in [2.75, 3.05) is 0 Å². The topological polar surface area (TPSA) is 124 Å². The van der Waals surface area contributed by atoms with E-state index in [4.69, 9.17) is 0 Å². The summed E-state index contributed by atoms with van der Waals surface area (Å²) in [5, 5.41) is 36.8. The molecule has 176 valence electrons. The summed E-state index contributed by atoms with van der Waals surface area (Å²) in [6.07, 6.45) is 3.20. The standard InChI is InChI=1S/C28H23NO6/c30-19-9-3-7-15-23(19)26-22-14-6-2-1-5-13(14)20(31)11-17(22)18-12-29-28(35)25(18)24(26)16(27(15)34)8-4-10-21(32)33/h1-2,5-6,9,11,16,30-31H,3-4,7-8,10,12H2,(H,29,35)(H,32,33). The third-order valence-electron chi connectivity index (χ3n) is 7.48.